The Morgan fingerprint density at radius 1 is 1.11 bits per heavy atom. The van der Waals surface area contributed by atoms with Crippen LogP contribution in [0.5, 0.6) is 0 Å². The number of nitrogens with one attached hydrogen (secondary N) is 1. The summed E-state index contributed by atoms with van der Waals surface area (Å²) in [4.78, 5) is 0. The largest absolute Gasteiger partial charge is 0.381 e. The number of benzene rings is 2. The van der Waals surface area contributed by atoms with E-state index >= 15 is 0 Å². The highest BCUT2D eigenvalue weighted by Gasteiger charge is 2.04. The van der Waals surface area contributed by atoms with Crippen LogP contribution >= 0.6 is 0 Å². The Hall–Kier alpha value is -2.34. The van der Waals surface area contributed by atoms with Crippen LogP contribution in [-0.2, 0) is 6.54 Å². The summed E-state index contributed by atoms with van der Waals surface area (Å²) in [5.74, 6) is -0.351. The van der Waals surface area contributed by atoms with E-state index in [0.717, 1.165) is 5.69 Å². The molecule has 0 saturated carbocycles. The third-order valence-corrected chi connectivity index (χ3v) is 3.17. The van der Waals surface area contributed by atoms with Gasteiger partial charge in [0.15, 0.2) is 0 Å². The average molecular weight is 254 g/mol. The van der Waals surface area contributed by atoms with Crippen LogP contribution in [0.3, 0.4) is 0 Å². The summed E-state index contributed by atoms with van der Waals surface area (Å²) in [6.45, 7) is 4.50. The van der Waals surface area contributed by atoms with Crippen molar-refractivity contribution in [3.8, 4) is 6.07 Å². The van der Waals surface area contributed by atoms with Gasteiger partial charge in [-0.3, -0.25) is 0 Å². The average Bonchev–Trinajstić information content (AvgIpc) is 2.41. The molecular weight excluding hydrogens is 239 g/mol. The maximum Gasteiger partial charge on any atom is 0.129 e. The van der Waals surface area contributed by atoms with E-state index in [-0.39, 0.29) is 5.82 Å². The topological polar surface area (TPSA) is 35.8 Å². The van der Waals surface area contributed by atoms with Crippen molar-refractivity contribution >= 4 is 5.69 Å². The molecule has 0 saturated heterocycles. The first-order valence-corrected chi connectivity index (χ1v) is 6.10. The monoisotopic (exact) mass is 254 g/mol. The minimum atomic E-state index is -0.351. The molecule has 2 aromatic carbocycles. The Morgan fingerprint density at radius 2 is 1.89 bits per heavy atom. The summed E-state index contributed by atoms with van der Waals surface area (Å²) < 4.78 is 13.7. The summed E-state index contributed by atoms with van der Waals surface area (Å²) in [6, 6.07) is 12.5. The maximum absolute atomic E-state index is 13.7. The molecule has 0 amide bonds. The Kier molecular flexibility index (Phi) is 3.82. The third-order valence-electron chi connectivity index (χ3n) is 3.17. The van der Waals surface area contributed by atoms with Crippen LogP contribution in [0.4, 0.5) is 10.1 Å². The number of anilines is 1. The van der Waals surface area contributed by atoms with Crippen LogP contribution in [-0.4, -0.2) is 0 Å². The minimum Gasteiger partial charge on any atom is -0.381 e. The molecule has 0 aliphatic heterocycles. The van der Waals surface area contributed by atoms with Gasteiger partial charge >= 0.3 is 0 Å². The molecule has 0 radical (unpaired) electrons. The molecule has 3 heteroatoms. The van der Waals surface area contributed by atoms with Gasteiger partial charge in [-0.15, -0.1) is 0 Å². The molecule has 96 valence electrons. The molecule has 0 atom stereocenters. The summed E-state index contributed by atoms with van der Waals surface area (Å²) in [6.07, 6.45) is 0. The van der Waals surface area contributed by atoms with E-state index in [0.29, 0.717) is 17.7 Å². The zero-order chi connectivity index (χ0) is 13.8. The second-order valence-corrected chi connectivity index (χ2v) is 4.57. The lowest BCUT2D eigenvalue weighted by atomic mass is 10.1. The fourth-order valence-electron chi connectivity index (χ4n) is 1.81. The second-order valence-electron chi connectivity index (χ2n) is 4.57. The molecule has 2 nitrogen and oxygen atoms in total. The highest BCUT2D eigenvalue weighted by molar-refractivity contribution is 5.48. The molecule has 19 heavy (non-hydrogen) atoms. The molecule has 1 N–H and O–H groups in total. The van der Waals surface area contributed by atoms with Crippen molar-refractivity contribution in [3.05, 3.63) is 64.5 Å². The van der Waals surface area contributed by atoms with Gasteiger partial charge in [-0.05, 0) is 49.2 Å². The molecular formula is C16H15FN2. The second kappa shape index (κ2) is 5.53. The highest BCUT2D eigenvalue weighted by atomic mass is 19.1. The SMILES string of the molecule is Cc1ccc(NCc2ccc(C#N)cc2F)cc1C. The van der Waals surface area contributed by atoms with Crippen LogP contribution in [0.25, 0.3) is 0 Å². The number of hydrogen-bond donors (Lipinski definition) is 1. The van der Waals surface area contributed by atoms with Crippen LogP contribution in [0.1, 0.15) is 22.3 Å². The van der Waals surface area contributed by atoms with Gasteiger partial charge in [0, 0.05) is 17.8 Å². The van der Waals surface area contributed by atoms with Crippen LogP contribution in [0.2, 0.25) is 0 Å². The predicted octanol–water partition coefficient (Wildman–Crippen LogP) is 3.93. The van der Waals surface area contributed by atoms with E-state index in [2.05, 4.69) is 12.2 Å². The first-order valence-electron chi connectivity index (χ1n) is 6.10. The molecule has 0 spiro atoms. The van der Waals surface area contributed by atoms with E-state index in [1.165, 1.54) is 17.2 Å². The van der Waals surface area contributed by atoms with Crippen molar-refractivity contribution in [2.24, 2.45) is 0 Å². The van der Waals surface area contributed by atoms with Gasteiger partial charge in [-0.2, -0.15) is 5.26 Å². The predicted molar refractivity (Wildman–Crippen MR) is 74.4 cm³/mol. The van der Waals surface area contributed by atoms with Crippen molar-refractivity contribution in [1.82, 2.24) is 0 Å². The van der Waals surface area contributed by atoms with Gasteiger partial charge in [0.1, 0.15) is 5.82 Å². The quantitative estimate of drug-likeness (QED) is 0.900. The lowest BCUT2D eigenvalue weighted by Crippen LogP contribution is -2.02. The first kappa shape index (κ1) is 13.1. The Bertz CT molecular complexity index is 642. The number of halogens is 1. The fraction of sp³-hybridized carbons (Fsp3) is 0.188. The molecule has 0 aromatic heterocycles. The van der Waals surface area contributed by atoms with E-state index in [4.69, 9.17) is 5.26 Å². The summed E-state index contributed by atoms with van der Waals surface area (Å²) in [7, 11) is 0. The Labute approximate surface area is 112 Å². The highest BCUT2D eigenvalue weighted by Crippen LogP contribution is 2.16. The van der Waals surface area contributed by atoms with Crippen molar-refractivity contribution in [2.45, 2.75) is 20.4 Å². The summed E-state index contributed by atoms with van der Waals surface area (Å²) in [5, 5.41) is 11.9. The van der Waals surface area contributed by atoms with Gasteiger partial charge in [-0.25, -0.2) is 4.39 Å². The molecule has 0 fully saturated rings. The molecule has 0 unspecified atom stereocenters. The number of rotatable bonds is 3. The van der Waals surface area contributed by atoms with Crippen molar-refractivity contribution in [1.29, 1.82) is 5.26 Å². The number of nitriles is 1. The van der Waals surface area contributed by atoms with E-state index in [1.807, 2.05) is 31.2 Å². The lowest BCUT2D eigenvalue weighted by Gasteiger charge is -2.09. The van der Waals surface area contributed by atoms with E-state index in [9.17, 15) is 4.39 Å². The molecule has 0 bridgehead atoms. The number of aryl methyl sites for hydroxylation is 2. The van der Waals surface area contributed by atoms with Gasteiger partial charge in [0.25, 0.3) is 0 Å². The normalized spacial score (nSPS) is 10.0. The smallest absolute Gasteiger partial charge is 0.129 e. The lowest BCUT2D eigenvalue weighted by molar-refractivity contribution is 0.612. The Morgan fingerprint density at radius 3 is 2.53 bits per heavy atom. The van der Waals surface area contributed by atoms with Crippen molar-refractivity contribution < 1.29 is 4.39 Å². The zero-order valence-corrected chi connectivity index (χ0v) is 11.0. The van der Waals surface area contributed by atoms with Gasteiger partial charge in [0.05, 0.1) is 11.6 Å². The molecule has 0 aliphatic carbocycles. The van der Waals surface area contributed by atoms with Crippen LogP contribution < -0.4 is 5.32 Å². The number of nitrogens with zero attached hydrogens (tertiary/aromatic N) is 1. The van der Waals surface area contributed by atoms with Crippen LogP contribution in [0, 0.1) is 31.0 Å². The molecule has 0 aliphatic rings. The van der Waals surface area contributed by atoms with E-state index < -0.39 is 0 Å². The van der Waals surface area contributed by atoms with E-state index in [1.54, 1.807) is 12.1 Å². The molecule has 0 heterocycles. The van der Waals surface area contributed by atoms with Gasteiger partial charge in [-0.1, -0.05) is 12.1 Å². The van der Waals surface area contributed by atoms with Gasteiger partial charge in [0.2, 0.25) is 0 Å². The van der Waals surface area contributed by atoms with Crippen LogP contribution in [0.15, 0.2) is 36.4 Å². The summed E-state index contributed by atoms with van der Waals surface area (Å²) in [5.41, 5.74) is 4.29. The third kappa shape index (κ3) is 3.11. The Balaban J connectivity index is 2.10. The molecule has 2 aromatic rings. The van der Waals surface area contributed by atoms with Crippen molar-refractivity contribution in [2.75, 3.05) is 5.32 Å². The van der Waals surface area contributed by atoms with Crippen molar-refractivity contribution in [3.63, 3.8) is 0 Å². The number of hydrogen-bond acceptors (Lipinski definition) is 2. The molecule has 2 rings (SSSR count). The fourth-order valence-corrected chi connectivity index (χ4v) is 1.81. The first-order chi connectivity index (χ1) is 9.10. The zero-order valence-electron chi connectivity index (χ0n) is 11.0. The standard InChI is InChI=1S/C16H15FN2/c1-11-3-6-15(7-12(11)2)19-10-14-5-4-13(9-18)8-16(14)17/h3-8,19H,10H2,1-2H3. The minimum absolute atomic E-state index is 0.340. The maximum atomic E-state index is 13.7. The summed E-state index contributed by atoms with van der Waals surface area (Å²) >= 11 is 0. The van der Waals surface area contributed by atoms with Gasteiger partial charge < -0.3 is 5.32 Å².